The lowest BCUT2D eigenvalue weighted by molar-refractivity contribution is 0.0601. The first-order valence-electron chi connectivity index (χ1n) is 5.14. The second-order valence-electron chi connectivity index (χ2n) is 3.33. The molecule has 3 N–H and O–H groups in total. The van der Waals surface area contributed by atoms with Crippen LogP contribution in [-0.4, -0.2) is 28.0 Å². The number of hydrazine groups is 1. The first-order chi connectivity index (χ1) is 8.46. The maximum atomic E-state index is 11.6. The predicted octanol–water partition coefficient (Wildman–Crippen LogP) is 0.00760. The molecule has 0 unspecified atom stereocenters. The largest absolute Gasteiger partial charge is 0.465 e. The minimum absolute atomic E-state index is 0.212. The Hall–Kier alpha value is -1.64. The van der Waals surface area contributed by atoms with E-state index in [1.54, 1.807) is 11.8 Å². The number of carbonyl (C=O) groups excluding carboxylic acids is 1. The molecule has 0 saturated carbocycles. The van der Waals surface area contributed by atoms with Gasteiger partial charge in [-0.3, -0.25) is 10.1 Å². The van der Waals surface area contributed by atoms with E-state index in [1.165, 1.54) is 31.4 Å². The van der Waals surface area contributed by atoms with Crippen LogP contribution in [0, 0.1) is 0 Å². The molecule has 18 heavy (non-hydrogen) atoms. The molecule has 0 saturated heterocycles. The molecule has 0 aliphatic rings. The van der Waals surface area contributed by atoms with Crippen LogP contribution < -0.4 is 15.0 Å². The topological polar surface area (TPSA) is 102 Å². The van der Waals surface area contributed by atoms with Crippen molar-refractivity contribution in [3.8, 4) is 0 Å². The summed E-state index contributed by atoms with van der Waals surface area (Å²) in [5.41, 5.74) is 0.749. The fraction of sp³-hybridized carbons (Fsp3) is 0.300. The van der Waals surface area contributed by atoms with Crippen LogP contribution in [-0.2, 0) is 14.9 Å². The van der Waals surface area contributed by atoms with Gasteiger partial charge in [0.25, 0.3) is 0 Å². The van der Waals surface area contributed by atoms with Gasteiger partial charge in [-0.1, -0.05) is 0 Å². The maximum absolute atomic E-state index is 11.6. The summed E-state index contributed by atoms with van der Waals surface area (Å²) in [6, 6.07) is 5.97. The van der Waals surface area contributed by atoms with Gasteiger partial charge in [0.2, 0.25) is 0 Å². The Balaban J connectivity index is 3.07. The van der Waals surface area contributed by atoms with Crippen LogP contribution in [0.2, 0.25) is 0 Å². The number of hydrogen-bond acceptors (Lipinski definition) is 5. The van der Waals surface area contributed by atoms with Crippen LogP contribution in [0.5, 0.6) is 0 Å². The van der Waals surface area contributed by atoms with Gasteiger partial charge in [0.15, 0.2) is 0 Å². The Morgan fingerprint density at radius 2 is 1.94 bits per heavy atom. The van der Waals surface area contributed by atoms with Crippen molar-refractivity contribution in [2.45, 2.75) is 6.92 Å². The van der Waals surface area contributed by atoms with Crippen molar-refractivity contribution in [1.29, 1.82) is 0 Å². The van der Waals surface area contributed by atoms with Gasteiger partial charge < -0.3 is 4.74 Å². The predicted molar refractivity (Wildman–Crippen MR) is 67.0 cm³/mol. The monoisotopic (exact) mass is 273 g/mol. The number of nitrogens with zero attached hydrogens (tertiary/aromatic N) is 1. The molecule has 0 spiro atoms. The summed E-state index contributed by atoms with van der Waals surface area (Å²) in [6.45, 7) is 1.88. The summed E-state index contributed by atoms with van der Waals surface area (Å²) in [6.07, 6.45) is 0. The molecule has 1 aromatic carbocycles. The van der Waals surface area contributed by atoms with Crippen LogP contribution in [0.15, 0.2) is 24.3 Å². The molecular weight excluding hydrogens is 258 g/mol. The smallest absolute Gasteiger partial charge is 0.337 e. The fourth-order valence-electron chi connectivity index (χ4n) is 1.44. The molecule has 1 rings (SSSR count). The second-order valence-corrected chi connectivity index (χ2v) is 4.95. The van der Waals surface area contributed by atoms with E-state index < -0.39 is 16.2 Å². The van der Waals surface area contributed by atoms with Gasteiger partial charge in [0.1, 0.15) is 0 Å². The normalized spacial score (nSPS) is 11.1. The molecule has 0 heterocycles. The molecule has 0 bridgehead atoms. The van der Waals surface area contributed by atoms with Gasteiger partial charge in [0, 0.05) is 6.54 Å². The number of nitrogens with one attached hydrogen (secondary N) is 1. The highest BCUT2D eigenvalue weighted by Crippen LogP contribution is 2.17. The average Bonchev–Trinajstić information content (AvgIpc) is 2.39. The number of esters is 1. The molecule has 0 fully saturated rings. The van der Waals surface area contributed by atoms with Crippen molar-refractivity contribution in [1.82, 2.24) is 4.83 Å². The van der Waals surface area contributed by atoms with Gasteiger partial charge >= 0.3 is 16.2 Å². The Labute approximate surface area is 106 Å². The van der Waals surface area contributed by atoms with Crippen molar-refractivity contribution in [3.63, 3.8) is 0 Å². The number of ether oxygens (including phenoxy) is 1. The van der Waals surface area contributed by atoms with E-state index in [1.807, 2.05) is 0 Å². The van der Waals surface area contributed by atoms with Crippen molar-refractivity contribution in [2.24, 2.45) is 5.84 Å². The quantitative estimate of drug-likeness (QED) is 0.447. The van der Waals surface area contributed by atoms with Crippen molar-refractivity contribution in [2.75, 3.05) is 18.0 Å². The van der Waals surface area contributed by atoms with Gasteiger partial charge in [-0.15, -0.1) is 4.83 Å². The zero-order chi connectivity index (χ0) is 13.8. The summed E-state index contributed by atoms with van der Waals surface area (Å²) in [5.74, 6) is 4.48. The summed E-state index contributed by atoms with van der Waals surface area (Å²) in [5, 5.41) is 0. The van der Waals surface area contributed by atoms with Crippen molar-refractivity contribution >= 4 is 21.9 Å². The first-order valence-corrected chi connectivity index (χ1v) is 6.58. The minimum atomic E-state index is -3.76. The number of carbonyl (C=O) groups is 1. The molecule has 7 nitrogen and oxygen atoms in total. The van der Waals surface area contributed by atoms with Gasteiger partial charge in [-0.05, 0) is 31.2 Å². The Kier molecular flexibility index (Phi) is 4.65. The van der Waals surface area contributed by atoms with E-state index in [4.69, 9.17) is 5.84 Å². The van der Waals surface area contributed by atoms with Crippen LogP contribution in [0.3, 0.4) is 0 Å². The number of hydrogen-bond donors (Lipinski definition) is 2. The fourth-order valence-corrected chi connectivity index (χ4v) is 2.30. The van der Waals surface area contributed by atoms with Crippen molar-refractivity contribution < 1.29 is 17.9 Å². The van der Waals surface area contributed by atoms with Gasteiger partial charge in [0.05, 0.1) is 18.4 Å². The molecular formula is C10H15N3O4S. The summed E-state index contributed by atoms with van der Waals surface area (Å²) in [4.78, 5) is 13.0. The zero-order valence-corrected chi connectivity index (χ0v) is 10.9. The third-order valence-corrected chi connectivity index (χ3v) is 3.65. The van der Waals surface area contributed by atoms with Crippen LogP contribution in [0.1, 0.15) is 17.3 Å². The summed E-state index contributed by atoms with van der Waals surface area (Å²) in [7, 11) is -2.48. The zero-order valence-electron chi connectivity index (χ0n) is 10.1. The van der Waals surface area contributed by atoms with Crippen LogP contribution >= 0.6 is 0 Å². The molecule has 100 valence electrons. The Bertz CT molecular complexity index is 512. The number of rotatable bonds is 5. The third-order valence-electron chi connectivity index (χ3n) is 2.30. The minimum Gasteiger partial charge on any atom is -0.465 e. The van der Waals surface area contributed by atoms with Crippen molar-refractivity contribution in [3.05, 3.63) is 29.8 Å². The highest BCUT2D eigenvalue weighted by Gasteiger charge is 2.19. The van der Waals surface area contributed by atoms with Crippen LogP contribution in [0.25, 0.3) is 0 Å². The molecule has 0 atom stereocenters. The molecule has 0 amide bonds. The Morgan fingerprint density at radius 3 is 2.33 bits per heavy atom. The third kappa shape index (κ3) is 2.97. The molecule has 0 aliphatic heterocycles. The number of benzene rings is 1. The summed E-state index contributed by atoms with van der Waals surface area (Å²) >= 11 is 0. The average molecular weight is 273 g/mol. The number of nitrogens with two attached hydrogens (primary N) is 1. The molecule has 0 aliphatic carbocycles. The lowest BCUT2D eigenvalue weighted by atomic mass is 10.2. The molecule has 0 aromatic heterocycles. The SMILES string of the molecule is CCN(c1ccc(C(=O)OC)cc1)S(=O)(=O)NN. The number of methoxy groups -OCH3 is 1. The lowest BCUT2D eigenvalue weighted by Crippen LogP contribution is -2.44. The lowest BCUT2D eigenvalue weighted by Gasteiger charge is -2.21. The second kappa shape index (κ2) is 5.80. The summed E-state index contributed by atoms with van der Waals surface area (Å²) < 4.78 is 28.8. The van der Waals surface area contributed by atoms with Gasteiger partial charge in [-0.2, -0.15) is 8.42 Å². The standard InChI is InChI=1S/C10H15N3O4S/c1-3-13(18(15,16)12-11)9-6-4-8(5-7-9)10(14)17-2/h4-7,12H,3,11H2,1-2H3. The van der Waals surface area contributed by atoms with Crippen LogP contribution in [0.4, 0.5) is 5.69 Å². The van der Waals surface area contributed by atoms with E-state index in [-0.39, 0.29) is 6.54 Å². The van der Waals surface area contributed by atoms with Gasteiger partial charge in [-0.25, -0.2) is 4.79 Å². The van der Waals surface area contributed by atoms with E-state index >= 15 is 0 Å². The molecule has 8 heteroatoms. The van der Waals surface area contributed by atoms with E-state index in [2.05, 4.69) is 4.74 Å². The molecule has 0 radical (unpaired) electrons. The first kappa shape index (κ1) is 14.4. The highest BCUT2D eigenvalue weighted by molar-refractivity contribution is 7.90. The van der Waals surface area contributed by atoms with E-state index in [9.17, 15) is 13.2 Å². The maximum Gasteiger partial charge on any atom is 0.337 e. The molecule has 1 aromatic rings. The number of anilines is 1. The highest BCUT2D eigenvalue weighted by atomic mass is 32.2. The van der Waals surface area contributed by atoms with E-state index in [0.717, 1.165) is 4.31 Å². The van der Waals surface area contributed by atoms with E-state index in [0.29, 0.717) is 11.3 Å². The Morgan fingerprint density at radius 1 is 1.39 bits per heavy atom.